The predicted molar refractivity (Wildman–Crippen MR) is 150 cm³/mol. The number of unbranched alkanes of at least 4 members (excludes halogenated alkanes) is 1. The maximum Gasteiger partial charge on any atom is 0.308 e. The number of carbonyl (C=O) groups excluding carboxylic acids is 1. The number of oxazole rings is 1. The van der Waals surface area contributed by atoms with Gasteiger partial charge < -0.3 is 28.4 Å². The Balaban J connectivity index is 1.56. The number of carboxylic acids is 1. The van der Waals surface area contributed by atoms with E-state index in [1.807, 2.05) is 30.0 Å². The molecule has 0 radical (unpaired) electrons. The van der Waals surface area contributed by atoms with Gasteiger partial charge in [-0.15, -0.1) is 0 Å². The van der Waals surface area contributed by atoms with Crippen molar-refractivity contribution in [2.45, 2.75) is 57.9 Å². The van der Waals surface area contributed by atoms with E-state index in [4.69, 9.17) is 13.9 Å². The molecule has 220 valence electrons. The molecular weight excluding hydrogens is 512 g/mol. The minimum Gasteiger partial charge on any atom is -0.481 e. The van der Waals surface area contributed by atoms with Crippen molar-refractivity contribution < 1.29 is 33.1 Å². The molecule has 4 rings (SSSR count). The Hall–Kier alpha value is -3.11. The van der Waals surface area contributed by atoms with Crippen LogP contribution in [0.1, 0.15) is 55.7 Å². The van der Waals surface area contributed by atoms with E-state index < -0.39 is 11.9 Å². The van der Waals surface area contributed by atoms with Gasteiger partial charge in [0, 0.05) is 44.4 Å². The molecule has 1 saturated heterocycles. The number of likely N-dealkylation sites (tertiary alicyclic amines) is 1. The van der Waals surface area contributed by atoms with Gasteiger partial charge in [0.2, 0.25) is 12.7 Å². The van der Waals surface area contributed by atoms with Gasteiger partial charge in [-0.3, -0.25) is 14.5 Å². The van der Waals surface area contributed by atoms with Crippen LogP contribution >= 0.6 is 0 Å². The largest absolute Gasteiger partial charge is 0.481 e. The lowest BCUT2D eigenvalue weighted by atomic mass is 9.83. The van der Waals surface area contributed by atoms with Crippen LogP contribution in [0.2, 0.25) is 0 Å². The van der Waals surface area contributed by atoms with E-state index >= 15 is 0 Å². The van der Waals surface area contributed by atoms with Gasteiger partial charge >= 0.3 is 5.97 Å². The fourth-order valence-corrected chi connectivity index (χ4v) is 5.84. The van der Waals surface area contributed by atoms with Gasteiger partial charge in [-0.2, -0.15) is 0 Å². The number of fused-ring (bicyclic) bond motifs is 1. The summed E-state index contributed by atoms with van der Waals surface area (Å²) in [5.74, 6) is 0.818. The summed E-state index contributed by atoms with van der Waals surface area (Å²) in [7, 11) is 6.47. The summed E-state index contributed by atoms with van der Waals surface area (Å²) in [6.45, 7) is 7.19. The van der Waals surface area contributed by atoms with Crippen molar-refractivity contribution in [2.75, 3.05) is 60.7 Å². The molecule has 40 heavy (non-hydrogen) atoms. The molecule has 2 aliphatic heterocycles. The van der Waals surface area contributed by atoms with Gasteiger partial charge in [-0.05, 0) is 37.5 Å². The van der Waals surface area contributed by atoms with Crippen molar-refractivity contribution in [1.29, 1.82) is 0 Å². The zero-order chi connectivity index (χ0) is 28.9. The molecule has 0 spiro atoms. The molecule has 3 atom stereocenters. The maximum atomic E-state index is 13.7. The van der Waals surface area contributed by atoms with Crippen molar-refractivity contribution in [3.8, 4) is 11.5 Å². The average molecular weight is 558 g/mol. The SMILES string of the molecule is CCCCN(CCC[N+](C)(C)C)C(=O)CN1CC(c2ccc3c(c2)OCO3)C(C(=O)O)C1CCc1ncc(C)o1. The molecule has 0 bridgehead atoms. The molecule has 3 heterocycles. The highest BCUT2D eigenvalue weighted by atomic mass is 16.7. The normalized spacial score (nSPS) is 20.7. The smallest absolute Gasteiger partial charge is 0.308 e. The van der Waals surface area contributed by atoms with Crippen LogP contribution in [0.5, 0.6) is 11.5 Å². The van der Waals surface area contributed by atoms with Gasteiger partial charge in [-0.25, -0.2) is 4.98 Å². The molecule has 0 aliphatic carbocycles. The number of aromatic nitrogens is 1. The van der Waals surface area contributed by atoms with Crippen LogP contribution in [0.4, 0.5) is 0 Å². The van der Waals surface area contributed by atoms with Crippen LogP contribution < -0.4 is 9.47 Å². The van der Waals surface area contributed by atoms with Crippen molar-refractivity contribution in [3.63, 3.8) is 0 Å². The summed E-state index contributed by atoms with van der Waals surface area (Å²) in [6, 6.07) is 5.31. The fraction of sp³-hybridized carbons (Fsp3) is 0.633. The third-order valence-electron chi connectivity index (χ3n) is 7.91. The van der Waals surface area contributed by atoms with E-state index in [2.05, 4.69) is 38.0 Å². The van der Waals surface area contributed by atoms with Crippen LogP contribution in [0, 0.1) is 12.8 Å². The summed E-state index contributed by atoms with van der Waals surface area (Å²) in [5, 5.41) is 10.5. The summed E-state index contributed by atoms with van der Waals surface area (Å²) >= 11 is 0. The Labute approximate surface area is 237 Å². The molecule has 3 unspecified atom stereocenters. The number of quaternary nitrogens is 1. The number of aliphatic carboxylic acids is 1. The van der Waals surface area contributed by atoms with E-state index in [9.17, 15) is 14.7 Å². The zero-order valence-corrected chi connectivity index (χ0v) is 24.6. The number of benzene rings is 1. The van der Waals surface area contributed by atoms with Gasteiger partial charge in [-0.1, -0.05) is 19.4 Å². The van der Waals surface area contributed by atoms with Crippen LogP contribution in [0.15, 0.2) is 28.8 Å². The third-order valence-corrected chi connectivity index (χ3v) is 7.91. The average Bonchev–Trinajstić information content (AvgIpc) is 3.61. The molecule has 1 aromatic heterocycles. The van der Waals surface area contributed by atoms with Crippen molar-refractivity contribution in [1.82, 2.24) is 14.8 Å². The Morgan fingerprint density at radius 3 is 2.58 bits per heavy atom. The highest BCUT2D eigenvalue weighted by Gasteiger charge is 2.47. The summed E-state index contributed by atoms with van der Waals surface area (Å²) in [6.07, 6.45) is 5.58. The highest BCUT2D eigenvalue weighted by molar-refractivity contribution is 5.79. The number of carbonyl (C=O) groups is 2. The predicted octanol–water partition coefficient (Wildman–Crippen LogP) is 3.54. The molecule has 0 saturated carbocycles. The van der Waals surface area contributed by atoms with Crippen LogP contribution in [-0.4, -0.2) is 103 Å². The first kappa shape index (κ1) is 29.9. The van der Waals surface area contributed by atoms with E-state index in [0.717, 1.165) is 41.6 Å². The quantitative estimate of drug-likeness (QED) is 0.352. The van der Waals surface area contributed by atoms with E-state index in [1.165, 1.54) is 0 Å². The monoisotopic (exact) mass is 557 g/mol. The minimum atomic E-state index is -0.864. The molecule has 10 heteroatoms. The van der Waals surface area contributed by atoms with Crippen LogP contribution in [0.3, 0.4) is 0 Å². The molecule has 1 N–H and O–H groups in total. The van der Waals surface area contributed by atoms with E-state index in [1.54, 1.807) is 6.20 Å². The van der Waals surface area contributed by atoms with Crippen LogP contribution in [0.25, 0.3) is 0 Å². The molecule has 2 aromatic rings. The lowest BCUT2D eigenvalue weighted by Gasteiger charge is -2.30. The van der Waals surface area contributed by atoms with Crippen molar-refractivity contribution in [3.05, 3.63) is 41.6 Å². The Bertz CT molecular complexity index is 1160. The summed E-state index contributed by atoms with van der Waals surface area (Å²) in [5.41, 5.74) is 0.884. The van der Waals surface area contributed by atoms with Gasteiger partial charge in [0.1, 0.15) is 5.76 Å². The topological polar surface area (TPSA) is 105 Å². The highest BCUT2D eigenvalue weighted by Crippen LogP contribution is 2.43. The Kier molecular flexibility index (Phi) is 9.73. The van der Waals surface area contributed by atoms with Crippen molar-refractivity contribution >= 4 is 11.9 Å². The van der Waals surface area contributed by atoms with Gasteiger partial charge in [0.15, 0.2) is 17.4 Å². The molecule has 10 nitrogen and oxygen atoms in total. The van der Waals surface area contributed by atoms with Crippen LogP contribution in [-0.2, 0) is 16.0 Å². The van der Waals surface area contributed by atoms with Crippen molar-refractivity contribution in [2.24, 2.45) is 5.92 Å². The number of hydrogen-bond acceptors (Lipinski definition) is 7. The summed E-state index contributed by atoms with van der Waals surface area (Å²) in [4.78, 5) is 34.9. The van der Waals surface area contributed by atoms with E-state index in [-0.39, 0.29) is 31.2 Å². The number of carboxylic acid groups (broad SMARTS) is 1. The fourth-order valence-electron chi connectivity index (χ4n) is 5.84. The molecule has 2 aliphatic rings. The third kappa shape index (κ3) is 7.54. The van der Waals surface area contributed by atoms with Gasteiger partial charge in [0.25, 0.3) is 0 Å². The first-order valence-corrected chi connectivity index (χ1v) is 14.4. The standard InChI is InChI=1S/C30H44N4O6/c1-6-7-13-32(14-8-15-34(3,4)5)28(35)19-33-18-23(22-9-11-25-26(16-22)39-20-38-25)29(30(36)37)24(33)10-12-27-31-17-21(2)40-27/h9,11,16-17,23-24,29H,6-8,10,12-15,18-20H2,1-5H3/p+1. The molecule has 1 aromatic carbocycles. The second-order valence-corrected chi connectivity index (χ2v) is 12.1. The first-order chi connectivity index (χ1) is 19.1. The molecular formula is C30H45N4O6+. The Morgan fingerprint density at radius 1 is 1.15 bits per heavy atom. The second-order valence-electron chi connectivity index (χ2n) is 12.1. The van der Waals surface area contributed by atoms with Gasteiger partial charge in [0.05, 0.1) is 46.3 Å². The first-order valence-electron chi connectivity index (χ1n) is 14.4. The minimum absolute atomic E-state index is 0.0577. The second kappa shape index (κ2) is 13.0. The van der Waals surface area contributed by atoms with E-state index in [0.29, 0.717) is 49.9 Å². The number of nitrogens with zero attached hydrogens (tertiary/aromatic N) is 4. The maximum absolute atomic E-state index is 13.7. The summed E-state index contributed by atoms with van der Waals surface area (Å²) < 4.78 is 17.6. The number of rotatable bonds is 14. The number of ether oxygens (including phenoxy) is 2. The lowest BCUT2D eigenvalue weighted by Crippen LogP contribution is -2.45. The Morgan fingerprint density at radius 2 is 1.90 bits per heavy atom. The number of hydrogen-bond donors (Lipinski definition) is 1. The molecule has 1 fully saturated rings. The number of aryl methyl sites for hydroxylation is 2. The molecule has 1 amide bonds. The lowest BCUT2D eigenvalue weighted by molar-refractivity contribution is -0.870. The zero-order valence-electron chi connectivity index (χ0n) is 24.6. The number of amides is 1.